The van der Waals surface area contributed by atoms with E-state index in [1.165, 1.54) is 5.56 Å². The van der Waals surface area contributed by atoms with Crippen molar-refractivity contribution in [2.45, 2.75) is 25.2 Å². The van der Waals surface area contributed by atoms with Crippen molar-refractivity contribution in [3.8, 4) is 0 Å². The van der Waals surface area contributed by atoms with Crippen LogP contribution in [0.3, 0.4) is 0 Å². The predicted molar refractivity (Wildman–Crippen MR) is 70.6 cm³/mol. The number of benzene rings is 1. The topological polar surface area (TPSA) is 38.1 Å². The second kappa shape index (κ2) is 5.36. The average molecular weight is 242 g/mol. The third-order valence-electron chi connectivity index (χ3n) is 3.53. The Hall–Kier alpha value is -1.61. The van der Waals surface area contributed by atoms with Crippen LogP contribution in [-0.4, -0.2) is 18.1 Å². The minimum Gasteiger partial charge on any atom is -0.448 e. The first-order valence-corrected chi connectivity index (χ1v) is 6.61. The molecule has 3 heteroatoms. The molecule has 0 amide bonds. The van der Waals surface area contributed by atoms with E-state index in [0.717, 1.165) is 43.9 Å². The molecule has 0 spiro atoms. The zero-order valence-electron chi connectivity index (χ0n) is 10.4. The maximum Gasteiger partial charge on any atom is 0.198 e. The molecule has 1 aromatic carbocycles. The fraction of sp³-hybridized carbons (Fsp3) is 0.400. The largest absolute Gasteiger partial charge is 0.448 e. The van der Waals surface area contributed by atoms with Crippen LogP contribution in [0.25, 0.3) is 0 Å². The summed E-state index contributed by atoms with van der Waals surface area (Å²) in [6, 6.07) is 10.3. The molecule has 1 fully saturated rings. The van der Waals surface area contributed by atoms with E-state index >= 15 is 0 Å². The Labute approximate surface area is 107 Å². The number of aromatic nitrogens is 1. The molecule has 18 heavy (non-hydrogen) atoms. The monoisotopic (exact) mass is 242 g/mol. The van der Waals surface area contributed by atoms with Crippen LogP contribution in [0, 0.1) is 0 Å². The molecule has 3 rings (SSSR count). The van der Waals surface area contributed by atoms with E-state index in [0.29, 0.717) is 5.92 Å². The third kappa shape index (κ3) is 2.62. The average Bonchev–Trinajstić information content (AvgIpc) is 2.89. The summed E-state index contributed by atoms with van der Waals surface area (Å²) < 4.78 is 5.59. The van der Waals surface area contributed by atoms with E-state index in [9.17, 15) is 0 Å². The van der Waals surface area contributed by atoms with Crippen LogP contribution in [-0.2, 0) is 6.42 Å². The van der Waals surface area contributed by atoms with E-state index in [1.54, 1.807) is 0 Å². The molecule has 0 aliphatic carbocycles. The van der Waals surface area contributed by atoms with Gasteiger partial charge in [0, 0.05) is 12.3 Å². The van der Waals surface area contributed by atoms with E-state index in [2.05, 4.69) is 22.4 Å². The Morgan fingerprint density at radius 3 is 2.72 bits per heavy atom. The molecule has 1 aliphatic rings. The lowest BCUT2D eigenvalue weighted by molar-refractivity contribution is 0.451. The molecule has 1 N–H and O–H groups in total. The van der Waals surface area contributed by atoms with Crippen LogP contribution < -0.4 is 5.32 Å². The summed E-state index contributed by atoms with van der Waals surface area (Å²) in [6.45, 7) is 2.18. The molecule has 1 aromatic heterocycles. The molecule has 2 aromatic rings. The number of hydrogen-bond acceptors (Lipinski definition) is 3. The summed E-state index contributed by atoms with van der Waals surface area (Å²) in [6.07, 6.45) is 4.95. The Bertz CT molecular complexity index is 486. The van der Waals surface area contributed by atoms with Gasteiger partial charge in [-0.2, -0.15) is 0 Å². The van der Waals surface area contributed by atoms with Crippen molar-refractivity contribution < 1.29 is 4.42 Å². The van der Waals surface area contributed by atoms with Gasteiger partial charge in [-0.15, -0.1) is 0 Å². The zero-order chi connectivity index (χ0) is 12.2. The van der Waals surface area contributed by atoms with E-state index in [1.807, 2.05) is 24.5 Å². The van der Waals surface area contributed by atoms with E-state index in [-0.39, 0.29) is 0 Å². The van der Waals surface area contributed by atoms with Gasteiger partial charge < -0.3 is 9.73 Å². The van der Waals surface area contributed by atoms with Gasteiger partial charge in [-0.3, -0.25) is 0 Å². The van der Waals surface area contributed by atoms with Crippen LogP contribution in [0.1, 0.15) is 35.9 Å². The fourth-order valence-electron chi connectivity index (χ4n) is 2.48. The van der Waals surface area contributed by atoms with Crippen molar-refractivity contribution in [3.63, 3.8) is 0 Å². The van der Waals surface area contributed by atoms with Crippen molar-refractivity contribution in [1.82, 2.24) is 10.3 Å². The van der Waals surface area contributed by atoms with Crippen molar-refractivity contribution in [2.75, 3.05) is 13.1 Å². The number of piperidine rings is 1. The zero-order valence-corrected chi connectivity index (χ0v) is 10.4. The Kier molecular flexibility index (Phi) is 3.42. The van der Waals surface area contributed by atoms with Gasteiger partial charge in [0.15, 0.2) is 5.89 Å². The quantitative estimate of drug-likeness (QED) is 0.899. The van der Waals surface area contributed by atoms with Gasteiger partial charge in [-0.1, -0.05) is 30.3 Å². The SMILES string of the molecule is c1ccc(Cc2nc(C3CCNCC3)co2)cc1. The molecule has 94 valence electrons. The number of nitrogens with zero attached hydrogens (tertiary/aromatic N) is 1. The minimum absolute atomic E-state index is 0.569. The standard InChI is InChI=1S/C15H18N2O/c1-2-4-12(5-3-1)10-15-17-14(11-18-15)13-6-8-16-9-7-13/h1-5,11,13,16H,6-10H2. The number of oxazole rings is 1. The normalized spacial score (nSPS) is 16.9. The highest BCUT2D eigenvalue weighted by molar-refractivity contribution is 5.19. The van der Waals surface area contributed by atoms with Gasteiger partial charge in [0.1, 0.15) is 6.26 Å². The number of hydrogen-bond donors (Lipinski definition) is 1. The van der Waals surface area contributed by atoms with Crippen molar-refractivity contribution >= 4 is 0 Å². The van der Waals surface area contributed by atoms with Gasteiger partial charge in [0.05, 0.1) is 5.69 Å². The summed E-state index contributed by atoms with van der Waals surface area (Å²) in [5.41, 5.74) is 2.37. The molecule has 0 bridgehead atoms. The fourth-order valence-corrected chi connectivity index (χ4v) is 2.48. The molecule has 2 heterocycles. The minimum atomic E-state index is 0.569. The molecule has 1 aliphatic heterocycles. The summed E-state index contributed by atoms with van der Waals surface area (Å²) in [7, 11) is 0. The second-order valence-corrected chi connectivity index (χ2v) is 4.85. The summed E-state index contributed by atoms with van der Waals surface area (Å²) >= 11 is 0. The maximum absolute atomic E-state index is 5.59. The lowest BCUT2D eigenvalue weighted by Crippen LogP contribution is -2.26. The van der Waals surface area contributed by atoms with Crippen LogP contribution >= 0.6 is 0 Å². The first kappa shape index (κ1) is 11.5. The lowest BCUT2D eigenvalue weighted by atomic mass is 9.95. The molecule has 3 nitrogen and oxygen atoms in total. The Morgan fingerprint density at radius 2 is 1.94 bits per heavy atom. The highest BCUT2D eigenvalue weighted by Crippen LogP contribution is 2.24. The van der Waals surface area contributed by atoms with Crippen molar-refractivity contribution in [1.29, 1.82) is 0 Å². The van der Waals surface area contributed by atoms with Crippen LogP contribution in [0.5, 0.6) is 0 Å². The van der Waals surface area contributed by atoms with Gasteiger partial charge in [-0.05, 0) is 31.5 Å². The number of nitrogens with one attached hydrogen (secondary N) is 1. The van der Waals surface area contributed by atoms with E-state index in [4.69, 9.17) is 4.42 Å². The second-order valence-electron chi connectivity index (χ2n) is 4.85. The van der Waals surface area contributed by atoms with Crippen molar-refractivity contribution in [2.24, 2.45) is 0 Å². The van der Waals surface area contributed by atoms with Gasteiger partial charge in [-0.25, -0.2) is 4.98 Å². The number of rotatable bonds is 3. The van der Waals surface area contributed by atoms with Crippen molar-refractivity contribution in [3.05, 3.63) is 53.7 Å². The first-order valence-electron chi connectivity index (χ1n) is 6.61. The summed E-state index contributed by atoms with van der Waals surface area (Å²) in [5, 5.41) is 3.37. The summed E-state index contributed by atoms with van der Waals surface area (Å²) in [4.78, 5) is 4.63. The molecule has 1 saturated heterocycles. The predicted octanol–water partition coefficient (Wildman–Crippen LogP) is 2.73. The molecule has 0 unspecified atom stereocenters. The van der Waals surface area contributed by atoms with Gasteiger partial charge >= 0.3 is 0 Å². The Balaban J connectivity index is 1.69. The highest BCUT2D eigenvalue weighted by Gasteiger charge is 2.18. The molecule has 0 atom stereocenters. The molecular weight excluding hydrogens is 224 g/mol. The van der Waals surface area contributed by atoms with Crippen LogP contribution in [0.15, 0.2) is 41.0 Å². The first-order chi connectivity index (χ1) is 8.92. The van der Waals surface area contributed by atoms with Crippen LogP contribution in [0.4, 0.5) is 0 Å². The summed E-state index contributed by atoms with van der Waals surface area (Å²) in [5.74, 6) is 1.40. The lowest BCUT2D eigenvalue weighted by Gasteiger charge is -2.20. The molecule has 0 radical (unpaired) electrons. The van der Waals surface area contributed by atoms with Gasteiger partial charge in [0.2, 0.25) is 0 Å². The smallest absolute Gasteiger partial charge is 0.198 e. The van der Waals surface area contributed by atoms with Gasteiger partial charge in [0.25, 0.3) is 0 Å². The molecule has 0 saturated carbocycles. The third-order valence-corrected chi connectivity index (χ3v) is 3.53. The molecular formula is C15H18N2O. The Morgan fingerprint density at radius 1 is 1.17 bits per heavy atom. The maximum atomic E-state index is 5.59. The highest BCUT2D eigenvalue weighted by atomic mass is 16.3. The van der Waals surface area contributed by atoms with E-state index < -0.39 is 0 Å². The van der Waals surface area contributed by atoms with Crippen LogP contribution in [0.2, 0.25) is 0 Å².